The molecule has 5 heteroatoms. The van der Waals surface area contributed by atoms with Gasteiger partial charge in [-0.2, -0.15) is 0 Å². The topological polar surface area (TPSA) is 40.5 Å². The van der Waals surface area contributed by atoms with Gasteiger partial charge in [0.25, 0.3) is 0 Å². The van der Waals surface area contributed by atoms with Crippen molar-refractivity contribution in [2.24, 2.45) is 0 Å². The monoisotopic (exact) mass is 262 g/mol. The first kappa shape index (κ1) is 15.9. The summed E-state index contributed by atoms with van der Waals surface area (Å²) in [5.41, 5.74) is 0. The maximum atomic E-state index is 7.04. The number of rotatable bonds is 0. The summed E-state index contributed by atoms with van der Waals surface area (Å²) in [6.45, 7) is 0. The molecule has 0 aromatic rings. The van der Waals surface area contributed by atoms with E-state index in [1.807, 2.05) is 0 Å². The van der Waals surface area contributed by atoms with E-state index in [0.29, 0.717) is 0 Å². The molecule has 0 aliphatic heterocycles. The van der Waals surface area contributed by atoms with E-state index in [0.717, 1.165) is 0 Å². The molecule has 0 atom stereocenters. The van der Waals surface area contributed by atoms with Crippen LogP contribution >= 0.6 is 12.3 Å². The molecular weight excluding hydrogens is 256 g/mol. The molecule has 0 heterocycles. The van der Waals surface area contributed by atoms with Gasteiger partial charge in [0.15, 0.2) is 12.3 Å². The van der Waals surface area contributed by atoms with E-state index in [9.17, 15) is 0 Å². The summed E-state index contributed by atoms with van der Waals surface area (Å²) in [5.74, 6) is 0. The van der Waals surface area contributed by atoms with Crippen molar-refractivity contribution in [3.05, 3.63) is 0 Å². The van der Waals surface area contributed by atoms with E-state index >= 15 is 0 Å². The number of hydrogen-bond donors (Lipinski definition) is 2. The van der Waals surface area contributed by atoms with Gasteiger partial charge in [0, 0.05) is 42.1 Å². The molecule has 32 valence electrons. The average molecular weight is 258 g/mol. The molecule has 0 saturated carbocycles. The van der Waals surface area contributed by atoms with E-state index in [1.165, 1.54) is 0 Å². The maximum Gasteiger partial charge on any atom is 0.152 e. The fourth-order valence-corrected chi connectivity index (χ4v) is 0. The molecular formula is H2Mo2O2S. The van der Waals surface area contributed by atoms with Crippen LogP contribution in [-0.4, -0.2) is 9.11 Å². The van der Waals surface area contributed by atoms with Gasteiger partial charge in [-0.15, -0.1) is 0 Å². The molecule has 5 heavy (non-hydrogen) atoms. The summed E-state index contributed by atoms with van der Waals surface area (Å²) in [6, 6.07) is 0. The number of hydrogen-bond acceptors (Lipinski definition) is 3. The third kappa shape index (κ3) is 27.7. The molecule has 2 nitrogen and oxygen atoms in total. The van der Waals surface area contributed by atoms with Gasteiger partial charge in [-0.05, 0) is 0 Å². The minimum Gasteiger partial charge on any atom is -0.307 e. The van der Waals surface area contributed by atoms with Crippen molar-refractivity contribution >= 4 is 12.3 Å². The first-order valence-electron chi connectivity index (χ1n) is 0.365. The molecule has 0 aromatic carbocycles. The molecule has 0 amide bonds. The molecule has 0 aromatic heterocycles. The first-order valence-corrected chi connectivity index (χ1v) is 1.10. The summed E-state index contributed by atoms with van der Waals surface area (Å²) >= 11 is -0.250. The molecule has 0 saturated heterocycles. The van der Waals surface area contributed by atoms with Crippen molar-refractivity contribution in [1.29, 1.82) is 0 Å². The predicted octanol–water partition coefficient (Wildman–Crippen LogP) is 0.661. The minimum absolute atomic E-state index is 0. The van der Waals surface area contributed by atoms with Crippen molar-refractivity contribution in [3.63, 3.8) is 0 Å². The standard InChI is InChI=1S/2Mo.H2O2S/c;;1-3-2/h;;1-2H. The predicted molar refractivity (Wildman–Crippen MR) is 12.8 cm³/mol. The van der Waals surface area contributed by atoms with Crippen LogP contribution in [0.25, 0.3) is 0 Å². The summed E-state index contributed by atoms with van der Waals surface area (Å²) < 4.78 is 14.1. The second kappa shape index (κ2) is 17.4. The molecule has 0 fully saturated rings. The Kier molecular flexibility index (Phi) is 55.5. The van der Waals surface area contributed by atoms with E-state index in [-0.39, 0.29) is 54.5 Å². The third-order valence-electron chi connectivity index (χ3n) is 0. The van der Waals surface area contributed by atoms with Crippen molar-refractivity contribution in [2.45, 2.75) is 0 Å². The normalized spacial score (nSPS) is 3.60. The first-order chi connectivity index (χ1) is 1.41. The van der Waals surface area contributed by atoms with Crippen LogP contribution in [0.5, 0.6) is 0 Å². The summed E-state index contributed by atoms with van der Waals surface area (Å²) in [4.78, 5) is 0. The molecule has 0 bridgehead atoms. The zero-order valence-corrected chi connectivity index (χ0v) is 6.95. The SMILES string of the molecule is OSO.[Mo].[Mo]. The molecule has 0 rings (SSSR count). The fourth-order valence-electron chi connectivity index (χ4n) is 0. The quantitative estimate of drug-likeness (QED) is 0.495. The maximum absolute atomic E-state index is 7.04. The van der Waals surface area contributed by atoms with Gasteiger partial charge in [-0.1, -0.05) is 0 Å². The van der Waals surface area contributed by atoms with Crippen LogP contribution in [0.3, 0.4) is 0 Å². The van der Waals surface area contributed by atoms with Crippen LogP contribution in [0.15, 0.2) is 0 Å². The van der Waals surface area contributed by atoms with Crippen LogP contribution in [0.1, 0.15) is 0 Å². The van der Waals surface area contributed by atoms with Crippen LogP contribution in [-0.2, 0) is 42.1 Å². The molecule has 0 aliphatic rings. The van der Waals surface area contributed by atoms with Gasteiger partial charge in [0.05, 0.1) is 0 Å². The zero-order chi connectivity index (χ0) is 2.71. The summed E-state index contributed by atoms with van der Waals surface area (Å²) in [5, 5.41) is 0. The second-order valence-corrected chi connectivity index (χ2v) is 0.245. The molecule has 0 aliphatic carbocycles. The Morgan fingerprint density at radius 1 is 1.00 bits per heavy atom. The van der Waals surface area contributed by atoms with Crippen LogP contribution in [0.2, 0.25) is 0 Å². The average Bonchev–Trinajstić information content (AvgIpc) is 0.918. The van der Waals surface area contributed by atoms with Gasteiger partial charge in [0.2, 0.25) is 0 Å². The summed E-state index contributed by atoms with van der Waals surface area (Å²) in [6.07, 6.45) is 0. The fraction of sp³-hybridized carbons (Fsp3) is 0. The van der Waals surface area contributed by atoms with Crippen molar-refractivity contribution < 1.29 is 51.2 Å². The molecule has 0 unspecified atom stereocenters. The van der Waals surface area contributed by atoms with Gasteiger partial charge in [-0.25, -0.2) is 0 Å². The van der Waals surface area contributed by atoms with Gasteiger partial charge < -0.3 is 9.11 Å². The Bertz CT molecular complexity index is 7.61. The third-order valence-corrected chi connectivity index (χ3v) is 0. The van der Waals surface area contributed by atoms with Crippen molar-refractivity contribution in [1.82, 2.24) is 0 Å². The van der Waals surface area contributed by atoms with Gasteiger partial charge >= 0.3 is 0 Å². The van der Waals surface area contributed by atoms with Crippen LogP contribution < -0.4 is 0 Å². The Labute approximate surface area is 63.3 Å². The van der Waals surface area contributed by atoms with Crippen molar-refractivity contribution in [3.8, 4) is 0 Å². The van der Waals surface area contributed by atoms with E-state index < -0.39 is 0 Å². The Balaban J connectivity index is -0.0000000200. The smallest absolute Gasteiger partial charge is 0.152 e. The molecule has 2 N–H and O–H groups in total. The second-order valence-electron chi connectivity index (χ2n) is 0.0816. The summed E-state index contributed by atoms with van der Waals surface area (Å²) in [7, 11) is 0. The van der Waals surface area contributed by atoms with Crippen molar-refractivity contribution in [2.75, 3.05) is 0 Å². The van der Waals surface area contributed by atoms with E-state index in [1.54, 1.807) is 0 Å². The molecule has 0 radical (unpaired) electrons. The van der Waals surface area contributed by atoms with Gasteiger partial charge in [-0.3, -0.25) is 0 Å². The van der Waals surface area contributed by atoms with Gasteiger partial charge in [0.1, 0.15) is 0 Å². The van der Waals surface area contributed by atoms with E-state index in [4.69, 9.17) is 9.11 Å². The van der Waals surface area contributed by atoms with E-state index in [2.05, 4.69) is 0 Å². The Morgan fingerprint density at radius 2 is 1.00 bits per heavy atom. The minimum atomic E-state index is -0.250. The Morgan fingerprint density at radius 3 is 1.00 bits per heavy atom. The largest absolute Gasteiger partial charge is 0.307 e. The molecule has 0 spiro atoms. The Hall–Kier alpha value is 1.65. The zero-order valence-electron chi connectivity index (χ0n) is 2.12. The van der Waals surface area contributed by atoms with Crippen LogP contribution in [0.4, 0.5) is 0 Å². The van der Waals surface area contributed by atoms with Crippen LogP contribution in [0, 0.1) is 0 Å².